The molecule has 0 aliphatic carbocycles. The number of hydrogen-bond acceptors (Lipinski definition) is 2. The molecule has 3 rings (SSSR count). The average molecular weight is 331 g/mol. The van der Waals surface area contributed by atoms with E-state index in [2.05, 4.69) is 20.9 Å². The summed E-state index contributed by atoms with van der Waals surface area (Å²) in [5.74, 6) is 0.0991. The van der Waals surface area contributed by atoms with E-state index in [4.69, 9.17) is 0 Å². The first kappa shape index (κ1) is 13.3. The van der Waals surface area contributed by atoms with Gasteiger partial charge in [-0.15, -0.1) is 0 Å². The number of pyridine rings is 1. The molecule has 102 valence electrons. The van der Waals surface area contributed by atoms with Gasteiger partial charge in [0.15, 0.2) is 0 Å². The normalized spacial score (nSPS) is 14.0. The molecule has 0 bridgehead atoms. The van der Waals surface area contributed by atoms with Gasteiger partial charge in [-0.3, -0.25) is 9.78 Å². The molecule has 1 fully saturated rings. The standard InChI is InChI=1S/C16H15BrN2O/c1-11-14(16(20)19-8-3-9-19)6-7-15(18-11)12-4-2-5-13(17)10-12/h2,4-7,10H,3,8-9H2,1H3. The Morgan fingerprint density at radius 2 is 2.05 bits per heavy atom. The third-order valence-electron chi connectivity index (χ3n) is 3.58. The van der Waals surface area contributed by atoms with Gasteiger partial charge in [0.2, 0.25) is 0 Å². The smallest absolute Gasteiger partial charge is 0.255 e. The predicted octanol–water partition coefficient (Wildman–Crippen LogP) is 3.67. The SMILES string of the molecule is Cc1nc(-c2cccc(Br)c2)ccc1C(=O)N1CCC1. The Labute approximate surface area is 126 Å². The maximum atomic E-state index is 12.2. The lowest BCUT2D eigenvalue weighted by Gasteiger charge is -2.31. The summed E-state index contributed by atoms with van der Waals surface area (Å²) < 4.78 is 1.02. The van der Waals surface area contributed by atoms with Gasteiger partial charge in [0.25, 0.3) is 5.91 Å². The highest BCUT2D eigenvalue weighted by atomic mass is 79.9. The zero-order valence-electron chi connectivity index (χ0n) is 11.3. The van der Waals surface area contributed by atoms with Gasteiger partial charge in [-0.2, -0.15) is 0 Å². The molecule has 1 aromatic carbocycles. The number of likely N-dealkylation sites (tertiary alicyclic amines) is 1. The van der Waals surface area contributed by atoms with E-state index in [-0.39, 0.29) is 5.91 Å². The summed E-state index contributed by atoms with van der Waals surface area (Å²) in [6.07, 6.45) is 1.11. The van der Waals surface area contributed by atoms with Gasteiger partial charge < -0.3 is 4.90 Å². The Morgan fingerprint density at radius 3 is 2.65 bits per heavy atom. The Balaban J connectivity index is 1.92. The predicted molar refractivity (Wildman–Crippen MR) is 82.6 cm³/mol. The number of benzene rings is 1. The van der Waals surface area contributed by atoms with E-state index in [1.165, 1.54) is 0 Å². The number of aromatic nitrogens is 1. The molecular formula is C16H15BrN2O. The maximum absolute atomic E-state index is 12.2. The highest BCUT2D eigenvalue weighted by Gasteiger charge is 2.23. The van der Waals surface area contributed by atoms with Crippen LogP contribution < -0.4 is 0 Å². The number of aryl methyl sites for hydroxylation is 1. The van der Waals surface area contributed by atoms with Crippen LogP contribution in [0.5, 0.6) is 0 Å². The van der Waals surface area contributed by atoms with E-state index >= 15 is 0 Å². The lowest BCUT2D eigenvalue weighted by atomic mass is 10.1. The first-order valence-electron chi connectivity index (χ1n) is 6.68. The highest BCUT2D eigenvalue weighted by Crippen LogP contribution is 2.23. The molecule has 0 saturated carbocycles. The van der Waals surface area contributed by atoms with E-state index in [1.54, 1.807) is 0 Å². The van der Waals surface area contributed by atoms with Crippen LogP contribution in [-0.4, -0.2) is 28.9 Å². The second-order valence-corrected chi connectivity index (χ2v) is 5.90. The average Bonchev–Trinajstić information content (AvgIpc) is 2.36. The first-order valence-corrected chi connectivity index (χ1v) is 7.47. The lowest BCUT2D eigenvalue weighted by Crippen LogP contribution is -2.42. The number of carbonyl (C=O) groups is 1. The molecular weight excluding hydrogens is 316 g/mol. The minimum Gasteiger partial charge on any atom is -0.338 e. The van der Waals surface area contributed by atoms with Crippen LogP contribution in [0.1, 0.15) is 22.5 Å². The number of halogens is 1. The number of rotatable bonds is 2. The third kappa shape index (κ3) is 2.48. The van der Waals surface area contributed by atoms with Crippen LogP contribution in [0.3, 0.4) is 0 Å². The van der Waals surface area contributed by atoms with Gasteiger partial charge in [0.05, 0.1) is 17.0 Å². The van der Waals surface area contributed by atoms with Crippen LogP contribution >= 0.6 is 15.9 Å². The molecule has 0 radical (unpaired) electrons. The minimum absolute atomic E-state index is 0.0991. The van der Waals surface area contributed by atoms with Crippen LogP contribution in [0.2, 0.25) is 0 Å². The van der Waals surface area contributed by atoms with E-state index in [0.717, 1.165) is 40.9 Å². The summed E-state index contributed by atoms with van der Waals surface area (Å²) in [6.45, 7) is 3.63. The number of hydrogen-bond donors (Lipinski definition) is 0. The van der Waals surface area contributed by atoms with Crippen molar-refractivity contribution in [2.24, 2.45) is 0 Å². The molecule has 2 aromatic rings. The van der Waals surface area contributed by atoms with Crippen molar-refractivity contribution in [2.45, 2.75) is 13.3 Å². The van der Waals surface area contributed by atoms with Crippen molar-refractivity contribution < 1.29 is 4.79 Å². The van der Waals surface area contributed by atoms with Crippen molar-refractivity contribution in [2.75, 3.05) is 13.1 Å². The molecule has 20 heavy (non-hydrogen) atoms. The summed E-state index contributed by atoms with van der Waals surface area (Å²) in [5, 5.41) is 0. The van der Waals surface area contributed by atoms with Crippen molar-refractivity contribution in [1.29, 1.82) is 0 Å². The summed E-state index contributed by atoms with van der Waals surface area (Å²) in [7, 11) is 0. The fraction of sp³-hybridized carbons (Fsp3) is 0.250. The zero-order valence-corrected chi connectivity index (χ0v) is 12.9. The van der Waals surface area contributed by atoms with Crippen LogP contribution in [-0.2, 0) is 0 Å². The molecule has 0 unspecified atom stereocenters. The molecule has 1 aliphatic heterocycles. The molecule has 1 aliphatic rings. The van der Waals surface area contributed by atoms with Crippen LogP contribution in [0.4, 0.5) is 0 Å². The quantitative estimate of drug-likeness (QED) is 0.841. The summed E-state index contributed by atoms with van der Waals surface area (Å²) in [5.41, 5.74) is 3.44. The second-order valence-electron chi connectivity index (χ2n) is 4.99. The van der Waals surface area contributed by atoms with E-state index < -0.39 is 0 Å². The molecule has 4 heteroatoms. The Bertz CT molecular complexity index is 665. The van der Waals surface area contributed by atoms with Gasteiger partial charge in [-0.25, -0.2) is 0 Å². The van der Waals surface area contributed by atoms with E-state index in [9.17, 15) is 4.79 Å². The first-order chi connectivity index (χ1) is 9.65. The topological polar surface area (TPSA) is 33.2 Å². The molecule has 2 heterocycles. The Morgan fingerprint density at radius 1 is 1.25 bits per heavy atom. The zero-order chi connectivity index (χ0) is 14.1. The van der Waals surface area contributed by atoms with Crippen molar-refractivity contribution in [1.82, 2.24) is 9.88 Å². The van der Waals surface area contributed by atoms with Gasteiger partial charge in [0, 0.05) is 23.1 Å². The molecule has 0 N–H and O–H groups in total. The minimum atomic E-state index is 0.0991. The maximum Gasteiger partial charge on any atom is 0.255 e. The van der Waals surface area contributed by atoms with E-state index in [0.29, 0.717) is 5.56 Å². The third-order valence-corrected chi connectivity index (χ3v) is 4.07. The Hall–Kier alpha value is -1.68. The van der Waals surface area contributed by atoms with Crippen LogP contribution in [0, 0.1) is 6.92 Å². The summed E-state index contributed by atoms with van der Waals surface area (Å²) in [4.78, 5) is 18.7. The van der Waals surface area contributed by atoms with Crippen molar-refractivity contribution in [3.8, 4) is 11.3 Å². The lowest BCUT2D eigenvalue weighted by molar-refractivity contribution is 0.0650. The number of carbonyl (C=O) groups excluding carboxylic acids is 1. The fourth-order valence-corrected chi connectivity index (χ4v) is 2.68. The van der Waals surface area contributed by atoms with Crippen LogP contribution in [0.15, 0.2) is 40.9 Å². The molecule has 3 nitrogen and oxygen atoms in total. The summed E-state index contributed by atoms with van der Waals surface area (Å²) in [6, 6.07) is 11.8. The van der Waals surface area contributed by atoms with Gasteiger partial charge in [-0.05, 0) is 37.6 Å². The molecule has 0 atom stereocenters. The number of nitrogens with zero attached hydrogens (tertiary/aromatic N) is 2. The Kier molecular flexibility index (Phi) is 3.57. The monoisotopic (exact) mass is 330 g/mol. The largest absolute Gasteiger partial charge is 0.338 e. The van der Waals surface area contributed by atoms with E-state index in [1.807, 2.05) is 48.2 Å². The molecule has 0 spiro atoms. The van der Waals surface area contributed by atoms with Gasteiger partial charge in [-0.1, -0.05) is 28.1 Å². The van der Waals surface area contributed by atoms with Crippen molar-refractivity contribution in [3.05, 3.63) is 52.1 Å². The summed E-state index contributed by atoms with van der Waals surface area (Å²) >= 11 is 3.46. The second kappa shape index (κ2) is 5.37. The van der Waals surface area contributed by atoms with Crippen LogP contribution in [0.25, 0.3) is 11.3 Å². The van der Waals surface area contributed by atoms with Crippen molar-refractivity contribution in [3.63, 3.8) is 0 Å². The fourth-order valence-electron chi connectivity index (χ4n) is 2.29. The molecule has 1 aromatic heterocycles. The number of amides is 1. The van der Waals surface area contributed by atoms with Crippen molar-refractivity contribution >= 4 is 21.8 Å². The molecule has 1 amide bonds. The highest BCUT2D eigenvalue weighted by molar-refractivity contribution is 9.10. The molecule has 1 saturated heterocycles. The van der Waals surface area contributed by atoms with Gasteiger partial charge >= 0.3 is 0 Å². The van der Waals surface area contributed by atoms with Gasteiger partial charge in [0.1, 0.15) is 0 Å².